The largest absolute Gasteiger partial charge is 0.278 e. The molecule has 0 unspecified atom stereocenters. The van der Waals surface area contributed by atoms with E-state index >= 15 is 0 Å². The number of benzene rings is 2. The Morgan fingerprint density at radius 1 is 0.952 bits per heavy atom. The third-order valence-corrected chi connectivity index (χ3v) is 3.99. The molecule has 0 aliphatic rings. The van der Waals surface area contributed by atoms with Crippen LogP contribution < -0.4 is 0 Å². The fourth-order valence-corrected chi connectivity index (χ4v) is 2.69. The van der Waals surface area contributed by atoms with E-state index in [-0.39, 0.29) is 0 Å². The lowest BCUT2D eigenvalue weighted by molar-refractivity contribution is 0.962. The Morgan fingerprint density at radius 2 is 1.67 bits per heavy atom. The van der Waals surface area contributed by atoms with Gasteiger partial charge in [-0.25, -0.2) is 0 Å². The summed E-state index contributed by atoms with van der Waals surface area (Å²) >= 11 is 3.49. The first kappa shape index (κ1) is 14.0. The highest BCUT2D eigenvalue weighted by molar-refractivity contribution is 9.08. The summed E-state index contributed by atoms with van der Waals surface area (Å²) in [5.74, 6) is 1.77. The summed E-state index contributed by atoms with van der Waals surface area (Å²) in [5, 5.41) is 9.34. The van der Waals surface area contributed by atoms with Crippen LogP contribution >= 0.6 is 15.9 Å². The third-order valence-electron chi connectivity index (χ3n) is 3.48. The Balaban J connectivity index is 2.12. The van der Waals surface area contributed by atoms with Crippen LogP contribution in [0.2, 0.25) is 0 Å². The van der Waals surface area contributed by atoms with E-state index in [1.54, 1.807) is 0 Å². The van der Waals surface area contributed by atoms with Crippen molar-refractivity contribution in [1.82, 2.24) is 14.8 Å². The van der Waals surface area contributed by atoms with Crippen LogP contribution in [-0.2, 0) is 11.8 Å². The van der Waals surface area contributed by atoms with Crippen LogP contribution in [0.25, 0.3) is 17.1 Å². The molecule has 2 aromatic carbocycles. The minimum atomic E-state index is 0.669. The Hall–Kier alpha value is -1.94. The van der Waals surface area contributed by atoms with Gasteiger partial charge in [-0.1, -0.05) is 65.3 Å². The van der Waals surface area contributed by atoms with E-state index in [0.717, 1.165) is 29.3 Å². The number of halogens is 1. The molecule has 0 spiro atoms. The lowest BCUT2D eigenvalue weighted by Gasteiger charge is -2.09. The Kier molecular flexibility index (Phi) is 4.15. The molecule has 0 fully saturated rings. The van der Waals surface area contributed by atoms with Gasteiger partial charge in [0.25, 0.3) is 0 Å². The molecule has 1 aromatic heterocycles. The maximum absolute atomic E-state index is 4.37. The van der Waals surface area contributed by atoms with Crippen LogP contribution in [0, 0.1) is 0 Å². The molecular weight excluding hydrogens is 326 g/mol. The minimum absolute atomic E-state index is 0.669. The Labute approximate surface area is 132 Å². The first-order chi connectivity index (χ1) is 10.3. The van der Waals surface area contributed by atoms with Gasteiger partial charge < -0.3 is 0 Å². The predicted octanol–water partition coefficient (Wildman–Crippen LogP) is 4.39. The van der Waals surface area contributed by atoms with Gasteiger partial charge in [-0.3, -0.25) is 4.57 Å². The summed E-state index contributed by atoms with van der Waals surface area (Å²) < 4.78 is 2.09. The highest BCUT2D eigenvalue weighted by Gasteiger charge is 2.14. The van der Waals surface area contributed by atoms with Crippen LogP contribution in [0.3, 0.4) is 0 Å². The Morgan fingerprint density at radius 3 is 2.29 bits per heavy atom. The molecule has 0 atom stereocenters. The molecule has 3 nitrogen and oxygen atoms in total. The molecule has 4 heteroatoms. The standard InChI is InChI=1S/C17H16BrN3/c1-2-13-8-10-14(11-9-13)17-20-19-16(12-18)21(17)15-6-4-3-5-7-15/h3-11H,2,12H2,1H3. The Bertz CT molecular complexity index is 718. The van der Waals surface area contributed by atoms with Crippen molar-refractivity contribution in [2.24, 2.45) is 0 Å². The SMILES string of the molecule is CCc1ccc(-c2nnc(CBr)n2-c2ccccc2)cc1. The van der Waals surface area contributed by atoms with Crippen LogP contribution in [0.1, 0.15) is 18.3 Å². The van der Waals surface area contributed by atoms with Gasteiger partial charge in [-0.15, -0.1) is 10.2 Å². The average molecular weight is 342 g/mol. The zero-order valence-electron chi connectivity index (χ0n) is 11.8. The van der Waals surface area contributed by atoms with Gasteiger partial charge in [0.1, 0.15) is 5.82 Å². The fraction of sp³-hybridized carbons (Fsp3) is 0.176. The lowest BCUT2D eigenvalue weighted by Crippen LogP contribution is -2.01. The molecule has 0 aliphatic heterocycles. The first-order valence-electron chi connectivity index (χ1n) is 6.98. The number of aromatic nitrogens is 3. The quantitative estimate of drug-likeness (QED) is 0.659. The zero-order chi connectivity index (χ0) is 14.7. The third kappa shape index (κ3) is 2.76. The van der Waals surface area contributed by atoms with Crippen LogP contribution in [0.5, 0.6) is 0 Å². The smallest absolute Gasteiger partial charge is 0.168 e. The summed E-state index contributed by atoms with van der Waals surface area (Å²) in [5.41, 5.74) is 3.48. The van der Waals surface area contributed by atoms with Crippen molar-refractivity contribution in [2.75, 3.05) is 0 Å². The van der Waals surface area contributed by atoms with Crippen molar-refractivity contribution in [2.45, 2.75) is 18.7 Å². The van der Waals surface area contributed by atoms with E-state index in [0.29, 0.717) is 5.33 Å². The molecule has 0 amide bonds. The van der Waals surface area contributed by atoms with E-state index in [9.17, 15) is 0 Å². The van der Waals surface area contributed by atoms with E-state index < -0.39 is 0 Å². The van der Waals surface area contributed by atoms with Crippen molar-refractivity contribution in [3.8, 4) is 17.1 Å². The van der Waals surface area contributed by atoms with Gasteiger partial charge in [0.05, 0.1) is 5.33 Å². The molecule has 0 N–H and O–H groups in total. The maximum Gasteiger partial charge on any atom is 0.168 e. The van der Waals surface area contributed by atoms with Gasteiger partial charge in [0.15, 0.2) is 5.82 Å². The molecule has 0 radical (unpaired) electrons. The van der Waals surface area contributed by atoms with Crippen molar-refractivity contribution in [1.29, 1.82) is 0 Å². The summed E-state index contributed by atoms with van der Waals surface area (Å²) in [6.07, 6.45) is 1.04. The second-order valence-corrected chi connectivity index (χ2v) is 5.36. The summed E-state index contributed by atoms with van der Waals surface area (Å²) in [7, 11) is 0. The van der Waals surface area contributed by atoms with Crippen LogP contribution in [-0.4, -0.2) is 14.8 Å². The predicted molar refractivity (Wildman–Crippen MR) is 88.8 cm³/mol. The second kappa shape index (κ2) is 6.22. The number of alkyl halides is 1. The topological polar surface area (TPSA) is 30.7 Å². The summed E-state index contributed by atoms with van der Waals surface area (Å²) in [6, 6.07) is 18.7. The van der Waals surface area contributed by atoms with Crippen molar-refractivity contribution in [3.63, 3.8) is 0 Å². The molecule has 0 saturated heterocycles. The number of hydrogen-bond acceptors (Lipinski definition) is 2. The second-order valence-electron chi connectivity index (χ2n) is 4.79. The number of para-hydroxylation sites is 1. The molecule has 3 rings (SSSR count). The first-order valence-corrected chi connectivity index (χ1v) is 8.10. The van der Waals surface area contributed by atoms with Gasteiger partial charge in [-0.2, -0.15) is 0 Å². The molecule has 0 saturated carbocycles. The van der Waals surface area contributed by atoms with Crippen molar-refractivity contribution in [3.05, 3.63) is 66.0 Å². The van der Waals surface area contributed by atoms with Gasteiger partial charge in [0.2, 0.25) is 0 Å². The molecule has 1 heterocycles. The molecule has 0 bridgehead atoms. The molecule has 21 heavy (non-hydrogen) atoms. The van der Waals surface area contributed by atoms with Crippen LogP contribution in [0.4, 0.5) is 0 Å². The molecule has 0 aliphatic carbocycles. The van der Waals surface area contributed by atoms with E-state index in [1.165, 1.54) is 5.56 Å². The monoisotopic (exact) mass is 341 g/mol. The number of hydrogen-bond donors (Lipinski definition) is 0. The van der Waals surface area contributed by atoms with E-state index in [1.807, 2.05) is 18.2 Å². The summed E-state index contributed by atoms with van der Waals surface area (Å²) in [6.45, 7) is 2.16. The lowest BCUT2D eigenvalue weighted by atomic mass is 10.1. The normalized spacial score (nSPS) is 10.8. The number of rotatable bonds is 4. The van der Waals surface area contributed by atoms with Gasteiger partial charge in [-0.05, 0) is 24.1 Å². The van der Waals surface area contributed by atoms with E-state index in [4.69, 9.17) is 0 Å². The van der Waals surface area contributed by atoms with Crippen molar-refractivity contribution < 1.29 is 0 Å². The minimum Gasteiger partial charge on any atom is -0.278 e. The maximum atomic E-state index is 4.37. The highest BCUT2D eigenvalue weighted by Crippen LogP contribution is 2.24. The fourth-order valence-electron chi connectivity index (χ4n) is 2.33. The van der Waals surface area contributed by atoms with Crippen LogP contribution in [0.15, 0.2) is 54.6 Å². The van der Waals surface area contributed by atoms with Gasteiger partial charge in [0, 0.05) is 11.3 Å². The molecule has 106 valence electrons. The molecular formula is C17H16BrN3. The molecule has 3 aromatic rings. The number of nitrogens with zero attached hydrogens (tertiary/aromatic N) is 3. The van der Waals surface area contributed by atoms with E-state index in [2.05, 4.69) is 74.0 Å². The zero-order valence-corrected chi connectivity index (χ0v) is 13.4. The number of aryl methyl sites for hydroxylation is 1. The average Bonchev–Trinajstić information content (AvgIpc) is 2.99. The van der Waals surface area contributed by atoms with Gasteiger partial charge >= 0.3 is 0 Å². The summed E-state index contributed by atoms with van der Waals surface area (Å²) in [4.78, 5) is 0. The van der Waals surface area contributed by atoms with Crippen molar-refractivity contribution >= 4 is 15.9 Å². The highest BCUT2D eigenvalue weighted by atomic mass is 79.9.